The van der Waals surface area contributed by atoms with Crippen molar-refractivity contribution in [3.63, 3.8) is 0 Å². The van der Waals surface area contributed by atoms with Crippen molar-refractivity contribution in [3.05, 3.63) is 68.3 Å². The number of carbonyl (C=O) groups is 2. The average Bonchev–Trinajstić information content (AvgIpc) is 2.93. The lowest BCUT2D eigenvalue weighted by molar-refractivity contribution is -0.123. The van der Waals surface area contributed by atoms with E-state index >= 15 is 0 Å². The van der Waals surface area contributed by atoms with Gasteiger partial charge in [0.15, 0.2) is 0 Å². The summed E-state index contributed by atoms with van der Waals surface area (Å²) in [5.74, 6) is 0.126. The molecule has 0 saturated carbocycles. The van der Waals surface area contributed by atoms with E-state index in [1.54, 1.807) is 42.5 Å². The Morgan fingerprint density at radius 1 is 1.10 bits per heavy atom. The van der Waals surface area contributed by atoms with Crippen molar-refractivity contribution < 1.29 is 14.3 Å². The van der Waals surface area contributed by atoms with E-state index in [4.69, 9.17) is 39.5 Å². The van der Waals surface area contributed by atoms with Crippen LogP contribution in [-0.2, 0) is 11.3 Å². The summed E-state index contributed by atoms with van der Waals surface area (Å²) in [6.45, 7) is 4.02. The molecule has 152 valence electrons. The van der Waals surface area contributed by atoms with Crippen LogP contribution in [0.4, 0.5) is 4.79 Å². The fraction of sp³-hybridized carbons (Fsp3) is 0.238. The van der Waals surface area contributed by atoms with Gasteiger partial charge in [0.25, 0.3) is 5.91 Å². The largest absolute Gasteiger partial charge is 0.489 e. The van der Waals surface area contributed by atoms with Gasteiger partial charge < -0.3 is 10.1 Å². The first-order valence-corrected chi connectivity index (χ1v) is 10.2. The van der Waals surface area contributed by atoms with Crippen molar-refractivity contribution in [3.8, 4) is 5.75 Å². The molecule has 1 fully saturated rings. The fourth-order valence-electron chi connectivity index (χ4n) is 2.70. The fourth-order valence-corrected chi connectivity index (χ4v) is 3.41. The van der Waals surface area contributed by atoms with Gasteiger partial charge in [0.05, 0.1) is 17.7 Å². The van der Waals surface area contributed by atoms with E-state index in [1.807, 2.05) is 13.8 Å². The second-order valence-electron chi connectivity index (χ2n) is 6.64. The van der Waals surface area contributed by atoms with Crippen LogP contribution < -0.4 is 10.1 Å². The Bertz CT molecular complexity index is 991. The van der Waals surface area contributed by atoms with Gasteiger partial charge in [0.1, 0.15) is 11.4 Å². The lowest BCUT2D eigenvalue weighted by Gasteiger charge is -2.14. The molecule has 1 N–H and O–H groups in total. The molecular weight excluding hydrogens is 435 g/mol. The normalized spacial score (nSPS) is 16.3. The number of rotatable bonds is 6. The number of imide groups is 1. The zero-order valence-electron chi connectivity index (χ0n) is 15.8. The van der Waals surface area contributed by atoms with Crippen molar-refractivity contribution in [2.75, 3.05) is 0 Å². The molecule has 0 radical (unpaired) electrons. The number of hydrogen-bond donors (Lipinski definition) is 1. The van der Waals surface area contributed by atoms with Crippen LogP contribution in [-0.4, -0.2) is 22.9 Å². The summed E-state index contributed by atoms with van der Waals surface area (Å²) in [6.07, 6.45) is 2.47. The number of carbonyl (C=O) groups excluding carboxylic acids is 2. The minimum absolute atomic E-state index is 0.0421. The van der Waals surface area contributed by atoms with Gasteiger partial charge in [-0.25, -0.2) is 4.79 Å². The Kier molecular flexibility index (Phi) is 6.73. The van der Waals surface area contributed by atoms with Crippen molar-refractivity contribution >= 4 is 52.8 Å². The topological polar surface area (TPSA) is 58.6 Å². The monoisotopic (exact) mass is 452 g/mol. The Balaban J connectivity index is 1.78. The minimum Gasteiger partial charge on any atom is -0.489 e. The predicted molar refractivity (Wildman–Crippen MR) is 115 cm³/mol. The van der Waals surface area contributed by atoms with Gasteiger partial charge in [-0.15, -0.1) is 0 Å². The molecule has 0 unspecified atom stereocenters. The summed E-state index contributed by atoms with van der Waals surface area (Å²) < 4.78 is 5.74. The number of halogens is 3. The molecule has 1 atom stereocenters. The quantitative estimate of drug-likeness (QED) is 0.436. The summed E-state index contributed by atoms with van der Waals surface area (Å²) >= 11 is 18.3. The Morgan fingerprint density at radius 3 is 2.52 bits per heavy atom. The molecular formula is C21H19Cl3N2O3. The maximum Gasteiger partial charge on any atom is 0.329 e. The van der Waals surface area contributed by atoms with Crippen LogP contribution in [0.5, 0.6) is 5.75 Å². The highest BCUT2D eigenvalue weighted by Crippen LogP contribution is 2.29. The second-order valence-corrected chi connectivity index (χ2v) is 7.89. The Hall–Kier alpha value is -2.21. The maximum atomic E-state index is 12.7. The first kappa shape index (κ1) is 21.5. The van der Waals surface area contributed by atoms with Crippen LogP contribution >= 0.6 is 34.8 Å². The van der Waals surface area contributed by atoms with Crippen LogP contribution in [0, 0.1) is 0 Å². The molecule has 5 nitrogen and oxygen atoms in total. The summed E-state index contributed by atoms with van der Waals surface area (Å²) in [5.41, 5.74) is 1.45. The standard InChI is InChI=1S/C21H19Cl3N2O3/c1-3-12(2)29-19-7-4-13(8-17(19)24)9-18-20(27)26(21(28)25-18)11-14-5-6-15(22)10-16(14)23/h4-10,12H,3,11H2,1-2H3,(H,25,28)/b18-9-/t12-/m0/s1. The van der Waals surface area contributed by atoms with Crippen molar-refractivity contribution in [1.29, 1.82) is 0 Å². The number of ether oxygens (including phenoxy) is 1. The number of nitrogens with one attached hydrogen (secondary N) is 1. The van der Waals surface area contributed by atoms with E-state index in [2.05, 4.69) is 5.32 Å². The average molecular weight is 454 g/mol. The second kappa shape index (κ2) is 9.08. The van der Waals surface area contributed by atoms with Crippen molar-refractivity contribution in [2.45, 2.75) is 32.9 Å². The van der Waals surface area contributed by atoms with E-state index in [1.165, 1.54) is 0 Å². The third-order valence-corrected chi connectivity index (χ3v) is 5.36. The van der Waals surface area contributed by atoms with E-state index < -0.39 is 11.9 Å². The van der Waals surface area contributed by atoms with Crippen molar-refractivity contribution in [1.82, 2.24) is 10.2 Å². The van der Waals surface area contributed by atoms with Gasteiger partial charge in [-0.2, -0.15) is 0 Å². The first-order chi connectivity index (χ1) is 13.8. The summed E-state index contributed by atoms with van der Waals surface area (Å²) in [6, 6.07) is 9.59. The SMILES string of the molecule is CC[C@H](C)Oc1ccc(/C=C2\NC(=O)N(Cc3ccc(Cl)cc3Cl)C2=O)cc1Cl. The highest BCUT2D eigenvalue weighted by molar-refractivity contribution is 6.35. The molecule has 1 aliphatic heterocycles. The van der Waals surface area contributed by atoms with Crippen LogP contribution in [0.2, 0.25) is 15.1 Å². The zero-order valence-corrected chi connectivity index (χ0v) is 18.1. The highest BCUT2D eigenvalue weighted by Gasteiger charge is 2.33. The molecule has 0 spiro atoms. The van der Waals surface area contributed by atoms with E-state index in [0.29, 0.717) is 31.9 Å². The molecule has 2 aromatic carbocycles. The molecule has 3 rings (SSSR count). The third-order valence-electron chi connectivity index (χ3n) is 4.48. The van der Waals surface area contributed by atoms with Crippen LogP contribution in [0.1, 0.15) is 31.4 Å². The lowest BCUT2D eigenvalue weighted by atomic mass is 10.1. The number of nitrogens with zero attached hydrogens (tertiary/aromatic N) is 1. The number of benzene rings is 2. The summed E-state index contributed by atoms with van der Waals surface area (Å²) in [5, 5.41) is 3.88. The Morgan fingerprint density at radius 2 is 1.86 bits per heavy atom. The van der Waals surface area contributed by atoms with Gasteiger partial charge in [-0.1, -0.05) is 53.9 Å². The lowest BCUT2D eigenvalue weighted by Crippen LogP contribution is -2.30. The molecule has 2 aromatic rings. The predicted octanol–water partition coefficient (Wildman–Crippen LogP) is 5.92. The van der Waals surface area contributed by atoms with Crippen LogP contribution in [0.25, 0.3) is 6.08 Å². The molecule has 1 heterocycles. The number of hydrogen-bond acceptors (Lipinski definition) is 3. The minimum atomic E-state index is -0.518. The van der Waals surface area contributed by atoms with Gasteiger partial charge in [-0.05, 0) is 54.8 Å². The van der Waals surface area contributed by atoms with Gasteiger partial charge in [-0.3, -0.25) is 9.69 Å². The summed E-state index contributed by atoms with van der Waals surface area (Å²) in [7, 11) is 0. The molecule has 29 heavy (non-hydrogen) atoms. The van der Waals surface area contributed by atoms with Crippen LogP contribution in [0.3, 0.4) is 0 Å². The van der Waals surface area contributed by atoms with Gasteiger partial charge >= 0.3 is 6.03 Å². The molecule has 1 saturated heterocycles. The Labute approximate surface area is 184 Å². The van der Waals surface area contributed by atoms with E-state index in [0.717, 1.165) is 11.3 Å². The first-order valence-electron chi connectivity index (χ1n) is 9.03. The van der Waals surface area contributed by atoms with E-state index in [9.17, 15) is 9.59 Å². The molecule has 0 aliphatic carbocycles. The molecule has 3 amide bonds. The molecule has 0 aromatic heterocycles. The highest BCUT2D eigenvalue weighted by atomic mass is 35.5. The van der Waals surface area contributed by atoms with Crippen molar-refractivity contribution in [2.24, 2.45) is 0 Å². The molecule has 8 heteroatoms. The smallest absolute Gasteiger partial charge is 0.329 e. The van der Waals surface area contributed by atoms with Gasteiger partial charge in [0.2, 0.25) is 0 Å². The third kappa shape index (κ3) is 5.04. The van der Waals surface area contributed by atoms with Gasteiger partial charge in [0, 0.05) is 10.0 Å². The number of amides is 3. The summed E-state index contributed by atoms with van der Waals surface area (Å²) in [4.78, 5) is 26.1. The molecule has 0 bridgehead atoms. The van der Waals surface area contributed by atoms with E-state index in [-0.39, 0.29) is 18.3 Å². The van der Waals surface area contributed by atoms with Crippen LogP contribution in [0.15, 0.2) is 42.1 Å². The zero-order chi connectivity index (χ0) is 21.1. The maximum absolute atomic E-state index is 12.7. The number of urea groups is 1. The molecule has 1 aliphatic rings.